The Kier molecular flexibility index (Phi) is 4.22. The van der Waals surface area contributed by atoms with Gasteiger partial charge in [0.05, 0.1) is 5.84 Å². The fourth-order valence-electron chi connectivity index (χ4n) is 3.01. The van der Waals surface area contributed by atoms with E-state index in [1.54, 1.807) is 0 Å². The third-order valence-electron chi connectivity index (χ3n) is 4.09. The van der Waals surface area contributed by atoms with E-state index in [9.17, 15) is 0 Å². The molecule has 3 nitrogen and oxygen atoms in total. The van der Waals surface area contributed by atoms with Crippen LogP contribution in [0.1, 0.15) is 45.4 Å². The second-order valence-corrected chi connectivity index (χ2v) is 5.12. The summed E-state index contributed by atoms with van der Waals surface area (Å²) in [4.78, 5) is 4.96. The molecule has 0 amide bonds. The molecule has 1 N–H and O–H groups in total. The van der Waals surface area contributed by atoms with Crippen LogP contribution in [0.3, 0.4) is 0 Å². The molecule has 0 unspecified atom stereocenters. The lowest BCUT2D eigenvalue weighted by Gasteiger charge is -2.40. The average Bonchev–Trinajstić information content (AvgIpc) is 2.39. The van der Waals surface area contributed by atoms with Crippen LogP contribution < -0.4 is 0 Å². The second kappa shape index (κ2) is 5.67. The van der Waals surface area contributed by atoms with Gasteiger partial charge in [-0.05, 0) is 38.8 Å². The molecule has 2 aliphatic rings. The molecule has 92 valence electrons. The van der Waals surface area contributed by atoms with Gasteiger partial charge in [-0.2, -0.15) is 0 Å². The van der Waals surface area contributed by atoms with Gasteiger partial charge in [0.15, 0.2) is 0 Å². The molecule has 0 spiro atoms. The van der Waals surface area contributed by atoms with Gasteiger partial charge < -0.3 is 9.80 Å². The Hall–Kier alpha value is -0.570. The maximum atomic E-state index is 7.85. The van der Waals surface area contributed by atoms with E-state index in [4.69, 9.17) is 5.41 Å². The maximum absolute atomic E-state index is 7.85. The smallest absolute Gasteiger partial charge is 0.0954 e. The Morgan fingerprint density at radius 3 is 2.25 bits per heavy atom. The van der Waals surface area contributed by atoms with Gasteiger partial charge in [-0.25, -0.2) is 0 Å². The minimum absolute atomic E-state index is 0.807. The van der Waals surface area contributed by atoms with Gasteiger partial charge in [0.1, 0.15) is 0 Å². The van der Waals surface area contributed by atoms with Crippen molar-refractivity contribution in [2.24, 2.45) is 0 Å². The van der Waals surface area contributed by atoms with E-state index in [-0.39, 0.29) is 0 Å². The number of likely N-dealkylation sites (tertiary alicyclic amines) is 2. The fourth-order valence-corrected chi connectivity index (χ4v) is 3.01. The lowest BCUT2D eigenvalue weighted by molar-refractivity contribution is 0.114. The van der Waals surface area contributed by atoms with Gasteiger partial charge in [-0.3, -0.25) is 5.41 Å². The van der Waals surface area contributed by atoms with Crippen molar-refractivity contribution in [3.63, 3.8) is 0 Å². The van der Waals surface area contributed by atoms with Crippen LogP contribution in [0.4, 0.5) is 0 Å². The van der Waals surface area contributed by atoms with Crippen LogP contribution in [0.2, 0.25) is 0 Å². The molecule has 0 aromatic heterocycles. The first kappa shape index (κ1) is 11.9. The molecule has 0 bridgehead atoms. The molecular weight excluding hydrogens is 198 g/mol. The van der Waals surface area contributed by atoms with Crippen molar-refractivity contribution in [1.29, 1.82) is 5.41 Å². The zero-order valence-electron chi connectivity index (χ0n) is 10.5. The Morgan fingerprint density at radius 1 is 1.06 bits per heavy atom. The predicted molar refractivity (Wildman–Crippen MR) is 68.0 cm³/mol. The molecule has 2 saturated heterocycles. The summed E-state index contributed by atoms with van der Waals surface area (Å²) in [5.41, 5.74) is 0. The van der Waals surface area contributed by atoms with E-state index in [1.807, 2.05) is 0 Å². The summed E-state index contributed by atoms with van der Waals surface area (Å²) in [5.74, 6) is 0.831. The fraction of sp³-hybridized carbons (Fsp3) is 0.923. The highest BCUT2D eigenvalue weighted by Crippen LogP contribution is 2.21. The summed E-state index contributed by atoms with van der Waals surface area (Å²) in [6.45, 7) is 6.92. The zero-order valence-corrected chi connectivity index (χ0v) is 10.5. The molecule has 0 radical (unpaired) electrons. The van der Waals surface area contributed by atoms with Crippen molar-refractivity contribution in [3.8, 4) is 0 Å². The molecule has 2 rings (SSSR count). The van der Waals surface area contributed by atoms with Crippen LogP contribution in [-0.2, 0) is 0 Å². The van der Waals surface area contributed by atoms with Gasteiger partial charge in [-0.15, -0.1) is 0 Å². The van der Waals surface area contributed by atoms with Gasteiger partial charge >= 0.3 is 0 Å². The van der Waals surface area contributed by atoms with Crippen LogP contribution in [0.5, 0.6) is 0 Å². The second-order valence-electron chi connectivity index (χ2n) is 5.12. The lowest BCUT2D eigenvalue weighted by atomic mass is 10.00. The van der Waals surface area contributed by atoms with Gasteiger partial charge in [0.25, 0.3) is 0 Å². The molecule has 16 heavy (non-hydrogen) atoms. The Labute approximate surface area is 99.3 Å². The van der Waals surface area contributed by atoms with Crippen LogP contribution in [0.15, 0.2) is 0 Å². The van der Waals surface area contributed by atoms with E-state index >= 15 is 0 Å². The molecule has 2 aliphatic heterocycles. The largest absolute Gasteiger partial charge is 0.360 e. The van der Waals surface area contributed by atoms with Crippen LogP contribution in [-0.4, -0.2) is 47.9 Å². The SMILES string of the molecule is CCC(=N)N1CCC(N2CCCCC2)CC1. The minimum Gasteiger partial charge on any atom is -0.360 e. The number of nitrogens with one attached hydrogen (secondary N) is 1. The minimum atomic E-state index is 0.807. The first-order valence-corrected chi connectivity index (χ1v) is 6.87. The number of amidine groups is 1. The molecule has 2 fully saturated rings. The van der Waals surface area contributed by atoms with Gasteiger partial charge in [0.2, 0.25) is 0 Å². The van der Waals surface area contributed by atoms with Crippen molar-refractivity contribution >= 4 is 5.84 Å². The molecule has 3 heteroatoms. The lowest BCUT2D eigenvalue weighted by Crippen LogP contribution is -2.47. The van der Waals surface area contributed by atoms with Crippen molar-refractivity contribution in [2.45, 2.75) is 51.5 Å². The third kappa shape index (κ3) is 2.76. The topological polar surface area (TPSA) is 30.3 Å². The summed E-state index contributed by atoms with van der Waals surface area (Å²) in [6, 6.07) is 0.807. The predicted octanol–water partition coefficient (Wildman–Crippen LogP) is 2.32. The van der Waals surface area contributed by atoms with Crippen LogP contribution in [0.25, 0.3) is 0 Å². The quantitative estimate of drug-likeness (QED) is 0.575. The number of hydrogen-bond acceptors (Lipinski definition) is 2. The zero-order chi connectivity index (χ0) is 11.4. The Balaban J connectivity index is 1.78. The first-order valence-electron chi connectivity index (χ1n) is 6.87. The molecule has 0 saturated carbocycles. The molecule has 2 heterocycles. The molecule has 0 aliphatic carbocycles. The van der Waals surface area contributed by atoms with E-state index in [1.165, 1.54) is 45.2 Å². The highest BCUT2D eigenvalue weighted by atomic mass is 15.2. The highest BCUT2D eigenvalue weighted by Gasteiger charge is 2.25. The number of hydrogen-bond donors (Lipinski definition) is 1. The summed E-state index contributed by atoms with van der Waals surface area (Å²) in [6.07, 6.45) is 7.63. The highest BCUT2D eigenvalue weighted by molar-refractivity contribution is 5.78. The van der Waals surface area contributed by atoms with E-state index in [0.29, 0.717) is 0 Å². The Bertz CT molecular complexity index is 225. The summed E-state index contributed by atoms with van der Waals surface area (Å²) >= 11 is 0. The van der Waals surface area contributed by atoms with Gasteiger partial charge in [0, 0.05) is 25.6 Å². The van der Waals surface area contributed by atoms with E-state index < -0.39 is 0 Å². The third-order valence-corrected chi connectivity index (χ3v) is 4.09. The molecule has 0 atom stereocenters. The standard InChI is InChI=1S/C13H25N3/c1-2-13(14)16-10-6-12(7-11-16)15-8-4-3-5-9-15/h12,14H,2-11H2,1H3. The average molecular weight is 223 g/mol. The van der Waals surface area contributed by atoms with Crippen molar-refractivity contribution in [3.05, 3.63) is 0 Å². The van der Waals surface area contributed by atoms with E-state index in [2.05, 4.69) is 16.7 Å². The van der Waals surface area contributed by atoms with E-state index in [0.717, 1.165) is 31.4 Å². The number of nitrogens with zero attached hydrogens (tertiary/aromatic N) is 2. The van der Waals surface area contributed by atoms with Crippen LogP contribution in [0, 0.1) is 5.41 Å². The monoisotopic (exact) mass is 223 g/mol. The summed E-state index contributed by atoms with van der Waals surface area (Å²) in [7, 11) is 0. The van der Waals surface area contributed by atoms with Crippen LogP contribution >= 0.6 is 0 Å². The van der Waals surface area contributed by atoms with Crippen molar-refractivity contribution in [1.82, 2.24) is 9.80 Å². The van der Waals surface area contributed by atoms with Crippen molar-refractivity contribution < 1.29 is 0 Å². The molecule has 0 aromatic rings. The maximum Gasteiger partial charge on any atom is 0.0954 e. The Morgan fingerprint density at radius 2 is 1.69 bits per heavy atom. The van der Waals surface area contributed by atoms with Crippen molar-refractivity contribution in [2.75, 3.05) is 26.2 Å². The number of rotatable bonds is 2. The normalized spacial score (nSPS) is 24.7. The number of piperidine rings is 2. The molecular formula is C13H25N3. The summed E-state index contributed by atoms with van der Waals surface area (Å²) < 4.78 is 0. The van der Waals surface area contributed by atoms with Gasteiger partial charge in [-0.1, -0.05) is 13.3 Å². The molecule has 0 aromatic carbocycles. The summed E-state index contributed by atoms with van der Waals surface area (Å²) in [5, 5.41) is 7.85. The first-order chi connectivity index (χ1) is 7.81.